The van der Waals surface area contributed by atoms with Crippen LogP contribution in [0.1, 0.15) is 10.8 Å². The fraction of sp³-hybridized carbons (Fsp3) is 0.278. The highest BCUT2D eigenvalue weighted by atomic mass is 32.2. The smallest absolute Gasteiger partial charge is 0.313 e. The van der Waals surface area contributed by atoms with Gasteiger partial charge in [-0.2, -0.15) is 0 Å². The Morgan fingerprint density at radius 2 is 1.92 bits per heavy atom. The number of aliphatic carboxylic acids is 1. The fourth-order valence-electron chi connectivity index (χ4n) is 2.19. The van der Waals surface area contributed by atoms with Crippen molar-refractivity contribution in [2.24, 2.45) is 0 Å². The van der Waals surface area contributed by atoms with E-state index in [1.54, 1.807) is 18.9 Å². The van der Waals surface area contributed by atoms with Crippen molar-refractivity contribution < 1.29 is 19.7 Å². The Morgan fingerprint density at radius 3 is 2.58 bits per heavy atom. The van der Waals surface area contributed by atoms with Crippen LogP contribution in [0.5, 0.6) is 5.75 Å². The van der Waals surface area contributed by atoms with Crippen molar-refractivity contribution in [1.29, 1.82) is 0 Å². The summed E-state index contributed by atoms with van der Waals surface area (Å²) in [7, 11) is 1.62. The van der Waals surface area contributed by atoms with Gasteiger partial charge in [0.15, 0.2) is 0 Å². The van der Waals surface area contributed by atoms with Crippen LogP contribution in [-0.4, -0.2) is 40.9 Å². The molecule has 0 heterocycles. The standard InChI is InChI=1S/C18H20O4S2/c1-22-14-8-5-9-15(10-14)24-18(13-6-3-2-4-7-13)16(19)11-23-12-17(20)21/h2-10,16,18-19H,11-12H2,1H3,(H,20,21)/t16-,18-/m1/s1. The van der Waals surface area contributed by atoms with E-state index in [4.69, 9.17) is 9.84 Å². The second kappa shape index (κ2) is 9.61. The zero-order chi connectivity index (χ0) is 17.4. The molecule has 128 valence electrons. The molecule has 0 saturated carbocycles. The first-order chi connectivity index (χ1) is 11.6. The molecule has 0 fully saturated rings. The third-order valence-corrected chi connectivity index (χ3v) is 5.69. The molecule has 0 amide bonds. The molecule has 0 aliphatic rings. The summed E-state index contributed by atoms with van der Waals surface area (Å²) < 4.78 is 5.25. The number of rotatable bonds is 9. The Balaban J connectivity index is 2.14. The predicted octanol–water partition coefficient (Wildman–Crippen LogP) is 3.71. The highest BCUT2D eigenvalue weighted by Crippen LogP contribution is 2.39. The molecule has 2 rings (SSSR count). The first-order valence-electron chi connectivity index (χ1n) is 7.43. The highest BCUT2D eigenvalue weighted by Gasteiger charge is 2.23. The van der Waals surface area contributed by atoms with Gasteiger partial charge in [-0.05, 0) is 23.8 Å². The van der Waals surface area contributed by atoms with Crippen molar-refractivity contribution in [2.75, 3.05) is 18.6 Å². The van der Waals surface area contributed by atoms with Crippen molar-refractivity contribution >= 4 is 29.5 Å². The zero-order valence-electron chi connectivity index (χ0n) is 13.3. The molecule has 2 aromatic rings. The number of carboxylic acids is 1. The summed E-state index contributed by atoms with van der Waals surface area (Å²) in [4.78, 5) is 11.7. The lowest BCUT2D eigenvalue weighted by Crippen LogP contribution is -2.19. The van der Waals surface area contributed by atoms with Crippen LogP contribution in [0.4, 0.5) is 0 Å². The van der Waals surface area contributed by atoms with Crippen molar-refractivity contribution in [3.05, 3.63) is 60.2 Å². The predicted molar refractivity (Wildman–Crippen MR) is 99.0 cm³/mol. The van der Waals surface area contributed by atoms with E-state index in [1.807, 2.05) is 54.6 Å². The number of aliphatic hydroxyl groups is 1. The third-order valence-electron chi connectivity index (χ3n) is 3.30. The number of carbonyl (C=O) groups is 1. The normalized spacial score (nSPS) is 13.2. The molecule has 0 unspecified atom stereocenters. The molecule has 24 heavy (non-hydrogen) atoms. The summed E-state index contributed by atoms with van der Waals surface area (Å²) in [6.45, 7) is 0. The molecular formula is C18H20O4S2. The summed E-state index contributed by atoms with van der Waals surface area (Å²) in [6.07, 6.45) is -0.659. The lowest BCUT2D eigenvalue weighted by atomic mass is 10.1. The van der Waals surface area contributed by atoms with Gasteiger partial charge in [0.25, 0.3) is 0 Å². The summed E-state index contributed by atoms with van der Waals surface area (Å²) in [5, 5.41) is 19.2. The van der Waals surface area contributed by atoms with Crippen LogP contribution >= 0.6 is 23.5 Å². The van der Waals surface area contributed by atoms with Gasteiger partial charge in [0, 0.05) is 10.6 Å². The minimum atomic E-state index is -0.871. The van der Waals surface area contributed by atoms with Gasteiger partial charge in [0.2, 0.25) is 0 Å². The van der Waals surface area contributed by atoms with Gasteiger partial charge in [0.1, 0.15) is 5.75 Å². The third kappa shape index (κ3) is 5.78. The van der Waals surface area contributed by atoms with Gasteiger partial charge in [-0.15, -0.1) is 23.5 Å². The summed E-state index contributed by atoms with van der Waals surface area (Å²) >= 11 is 2.77. The maximum Gasteiger partial charge on any atom is 0.313 e. The molecule has 2 aromatic carbocycles. The van der Waals surface area contributed by atoms with E-state index in [2.05, 4.69) is 0 Å². The molecule has 0 saturated heterocycles. The number of ether oxygens (including phenoxy) is 1. The monoisotopic (exact) mass is 364 g/mol. The second-order valence-electron chi connectivity index (χ2n) is 5.10. The highest BCUT2D eigenvalue weighted by molar-refractivity contribution is 8.00. The zero-order valence-corrected chi connectivity index (χ0v) is 14.9. The quantitative estimate of drug-likeness (QED) is 0.661. The van der Waals surface area contributed by atoms with E-state index in [9.17, 15) is 9.90 Å². The SMILES string of the molecule is COc1cccc(S[C@H](c2ccccc2)[C@H](O)CSCC(=O)O)c1. The van der Waals surface area contributed by atoms with Gasteiger partial charge in [-0.1, -0.05) is 36.4 Å². The number of methoxy groups -OCH3 is 1. The first kappa shape index (κ1) is 18.7. The Bertz CT molecular complexity index is 648. The summed E-state index contributed by atoms with van der Waals surface area (Å²) in [6, 6.07) is 17.4. The van der Waals surface area contributed by atoms with Gasteiger partial charge >= 0.3 is 5.97 Å². The second-order valence-corrected chi connectivity index (χ2v) is 7.35. The van der Waals surface area contributed by atoms with E-state index < -0.39 is 12.1 Å². The minimum absolute atomic E-state index is 0.0115. The molecule has 0 spiro atoms. The van der Waals surface area contributed by atoms with Crippen LogP contribution in [0, 0.1) is 0 Å². The number of carboxylic acid groups (broad SMARTS) is 1. The lowest BCUT2D eigenvalue weighted by Gasteiger charge is -2.23. The number of hydrogen-bond donors (Lipinski definition) is 2. The average molecular weight is 364 g/mol. The molecule has 2 atom stereocenters. The van der Waals surface area contributed by atoms with Crippen LogP contribution in [0.3, 0.4) is 0 Å². The number of benzene rings is 2. The molecule has 2 N–H and O–H groups in total. The molecule has 0 aliphatic carbocycles. The number of hydrogen-bond acceptors (Lipinski definition) is 5. The minimum Gasteiger partial charge on any atom is -0.497 e. The van der Waals surface area contributed by atoms with E-state index >= 15 is 0 Å². The Hall–Kier alpha value is -1.63. The van der Waals surface area contributed by atoms with Gasteiger partial charge < -0.3 is 14.9 Å². The molecule has 6 heteroatoms. The Labute approximate surface area is 150 Å². The first-order valence-corrected chi connectivity index (χ1v) is 9.47. The lowest BCUT2D eigenvalue weighted by molar-refractivity contribution is -0.133. The average Bonchev–Trinajstić information content (AvgIpc) is 2.60. The van der Waals surface area contributed by atoms with Crippen molar-refractivity contribution in [3.63, 3.8) is 0 Å². The number of aliphatic hydroxyl groups excluding tert-OH is 1. The summed E-state index contributed by atoms with van der Waals surface area (Å²) in [5.74, 6) is 0.246. The van der Waals surface area contributed by atoms with Gasteiger partial charge in [-0.3, -0.25) is 4.79 Å². The van der Waals surface area contributed by atoms with Crippen LogP contribution in [0.15, 0.2) is 59.5 Å². The Kier molecular flexibility index (Phi) is 7.49. The Morgan fingerprint density at radius 1 is 1.17 bits per heavy atom. The summed E-state index contributed by atoms with van der Waals surface area (Å²) in [5.41, 5.74) is 1.01. The molecule has 0 bridgehead atoms. The van der Waals surface area contributed by atoms with Crippen LogP contribution in [0.2, 0.25) is 0 Å². The molecular weight excluding hydrogens is 344 g/mol. The molecule has 0 radical (unpaired) electrons. The molecule has 0 aromatic heterocycles. The maximum atomic E-state index is 10.7. The van der Waals surface area contributed by atoms with Crippen molar-refractivity contribution in [2.45, 2.75) is 16.2 Å². The van der Waals surface area contributed by atoms with Gasteiger partial charge in [-0.25, -0.2) is 0 Å². The molecule has 4 nitrogen and oxygen atoms in total. The van der Waals surface area contributed by atoms with Crippen LogP contribution in [-0.2, 0) is 4.79 Å². The topological polar surface area (TPSA) is 66.8 Å². The van der Waals surface area contributed by atoms with Crippen LogP contribution < -0.4 is 4.74 Å². The van der Waals surface area contributed by atoms with Crippen molar-refractivity contribution in [3.8, 4) is 5.75 Å². The van der Waals surface area contributed by atoms with E-state index in [1.165, 1.54) is 11.8 Å². The van der Waals surface area contributed by atoms with Gasteiger partial charge in [0.05, 0.1) is 24.2 Å². The maximum absolute atomic E-state index is 10.7. The van der Waals surface area contributed by atoms with E-state index in [0.717, 1.165) is 16.2 Å². The van der Waals surface area contributed by atoms with E-state index in [0.29, 0.717) is 5.75 Å². The number of thioether (sulfide) groups is 2. The van der Waals surface area contributed by atoms with Crippen molar-refractivity contribution in [1.82, 2.24) is 0 Å². The molecule has 0 aliphatic heterocycles. The largest absolute Gasteiger partial charge is 0.497 e. The van der Waals surface area contributed by atoms with E-state index in [-0.39, 0.29) is 11.0 Å². The van der Waals surface area contributed by atoms with Crippen LogP contribution in [0.25, 0.3) is 0 Å². The fourth-order valence-corrected chi connectivity index (χ4v) is 4.22.